The van der Waals surface area contributed by atoms with Gasteiger partial charge in [-0.2, -0.15) is 0 Å². The number of nitrogens with zero attached hydrogens (tertiary/aromatic N) is 2. The van der Waals surface area contributed by atoms with Crippen molar-refractivity contribution in [1.29, 1.82) is 0 Å². The third-order valence-electron chi connectivity index (χ3n) is 6.15. The van der Waals surface area contributed by atoms with E-state index in [1.807, 2.05) is 18.7 Å². The summed E-state index contributed by atoms with van der Waals surface area (Å²) < 4.78 is 28.1. The number of hydrogen-bond donors (Lipinski definition) is 2. The van der Waals surface area contributed by atoms with Crippen LogP contribution >= 0.6 is 0 Å². The monoisotopic (exact) mass is 414 g/mol. The summed E-state index contributed by atoms with van der Waals surface area (Å²) in [5.41, 5.74) is 8.54. The molecule has 0 radical (unpaired) electrons. The van der Waals surface area contributed by atoms with Crippen molar-refractivity contribution in [1.82, 2.24) is 10.3 Å². The van der Waals surface area contributed by atoms with E-state index < -0.39 is 17.2 Å². The maximum Gasteiger partial charge on any atom is 0.255 e. The molecule has 0 bridgehead atoms. The standard InChI is InChI=1S/C23H28F2N4O/c1-13(15-4-5-15)28-22(30)19-11-27-14(2)20(16-8-17(24)10-18(25)9-16)21(19)29-7-6-23(3,26)12-29/h8-11,13,15H,4-7,12,26H2,1-3H3,(H,28,30)/t13-,23-/m0/s1. The molecule has 2 aromatic rings. The number of aromatic nitrogens is 1. The molecule has 1 aliphatic heterocycles. The molecule has 5 nitrogen and oxygen atoms in total. The van der Waals surface area contributed by atoms with Gasteiger partial charge in [0.05, 0.1) is 11.3 Å². The van der Waals surface area contributed by atoms with Crippen LogP contribution in [0.3, 0.4) is 0 Å². The van der Waals surface area contributed by atoms with Crippen molar-refractivity contribution in [2.24, 2.45) is 11.7 Å². The van der Waals surface area contributed by atoms with Gasteiger partial charge < -0.3 is 16.0 Å². The Bertz CT molecular complexity index is 967. The Balaban J connectivity index is 1.84. The van der Waals surface area contributed by atoms with E-state index in [0.717, 1.165) is 25.3 Å². The van der Waals surface area contributed by atoms with Gasteiger partial charge in [0.25, 0.3) is 5.91 Å². The lowest BCUT2D eigenvalue weighted by Crippen LogP contribution is -2.40. The second-order valence-corrected chi connectivity index (χ2v) is 9.06. The Morgan fingerprint density at radius 2 is 1.97 bits per heavy atom. The van der Waals surface area contributed by atoms with Crippen molar-refractivity contribution in [3.8, 4) is 11.1 Å². The topological polar surface area (TPSA) is 71.2 Å². The Kier molecular flexibility index (Phi) is 5.26. The van der Waals surface area contributed by atoms with Crippen LogP contribution in [0.2, 0.25) is 0 Å². The number of halogens is 2. The fraction of sp³-hybridized carbons (Fsp3) is 0.478. The highest BCUT2D eigenvalue weighted by Crippen LogP contribution is 2.40. The molecule has 0 spiro atoms. The number of rotatable bonds is 5. The molecule has 7 heteroatoms. The molecule has 1 aliphatic carbocycles. The zero-order chi connectivity index (χ0) is 21.6. The van der Waals surface area contributed by atoms with E-state index in [9.17, 15) is 13.6 Å². The van der Waals surface area contributed by atoms with Gasteiger partial charge in [-0.3, -0.25) is 9.78 Å². The highest BCUT2D eigenvalue weighted by Gasteiger charge is 2.35. The van der Waals surface area contributed by atoms with Crippen molar-refractivity contribution in [3.05, 3.63) is 47.3 Å². The van der Waals surface area contributed by atoms with Crippen LogP contribution in [0.4, 0.5) is 14.5 Å². The van der Waals surface area contributed by atoms with Gasteiger partial charge in [0.15, 0.2) is 0 Å². The van der Waals surface area contributed by atoms with Gasteiger partial charge in [-0.1, -0.05) is 0 Å². The summed E-state index contributed by atoms with van der Waals surface area (Å²) in [7, 11) is 0. The molecule has 1 aromatic carbocycles. The number of pyridine rings is 1. The number of aryl methyl sites for hydroxylation is 1. The Labute approximate surface area is 175 Å². The minimum atomic E-state index is -0.669. The number of anilines is 1. The summed E-state index contributed by atoms with van der Waals surface area (Å²) in [6, 6.07) is 3.47. The first-order valence-electron chi connectivity index (χ1n) is 10.5. The van der Waals surface area contributed by atoms with Gasteiger partial charge in [0.1, 0.15) is 11.6 Å². The SMILES string of the molecule is Cc1ncc(C(=O)N[C@@H](C)C2CC2)c(N2CC[C@](C)(N)C2)c1-c1cc(F)cc(F)c1. The molecule has 2 aliphatic rings. The zero-order valence-corrected chi connectivity index (χ0v) is 17.6. The van der Waals surface area contributed by atoms with Gasteiger partial charge >= 0.3 is 0 Å². The number of nitrogens with two attached hydrogens (primary N) is 1. The average Bonchev–Trinajstić information content (AvgIpc) is 3.43. The maximum absolute atomic E-state index is 14.0. The molecule has 2 fully saturated rings. The first kappa shape index (κ1) is 20.7. The fourth-order valence-electron chi connectivity index (χ4n) is 4.31. The second-order valence-electron chi connectivity index (χ2n) is 9.06. The zero-order valence-electron chi connectivity index (χ0n) is 17.6. The summed E-state index contributed by atoms with van der Waals surface area (Å²) >= 11 is 0. The lowest BCUT2D eigenvalue weighted by atomic mass is 9.97. The molecule has 30 heavy (non-hydrogen) atoms. The molecule has 2 atom stereocenters. The van der Waals surface area contributed by atoms with Crippen molar-refractivity contribution >= 4 is 11.6 Å². The maximum atomic E-state index is 14.0. The van der Waals surface area contributed by atoms with Crippen molar-refractivity contribution in [2.45, 2.75) is 51.6 Å². The van der Waals surface area contributed by atoms with E-state index in [1.165, 1.54) is 12.1 Å². The first-order valence-corrected chi connectivity index (χ1v) is 10.5. The van der Waals surface area contributed by atoms with Gasteiger partial charge in [0, 0.05) is 48.2 Å². The second kappa shape index (κ2) is 7.61. The lowest BCUT2D eigenvalue weighted by Gasteiger charge is -2.28. The van der Waals surface area contributed by atoms with Gasteiger partial charge in [-0.25, -0.2) is 8.78 Å². The van der Waals surface area contributed by atoms with Gasteiger partial charge in [-0.05, 0) is 63.6 Å². The molecule has 1 aromatic heterocycles. The summed E-state index contributed by atoms with van der Waals surface area (Å²) in [5.74, 6) is -1.05. The largest absolute Gasteiger partial charge is 0.368 e. The molecular weight excluding hydrogens is 386 g/mol. The molecule has 0 unspecified atom stereocenters. The van der Waals surface area contributed by atoms with E-state index >= 15 is 0 Å². The number of nitrogens with one attached hydrogen (secondary N) is 1. The van der Waals surface area contributed by atoms with Crippen LogP contribution in [0.25, 0.3) is 11.1 Å². The highest BCUT2D eigenvalue weighted by atomic mass is 19.1. The lowest BCUT2D eigenvalue weighted by molar-refractivity contribution is 0.0936. The normalized spacial score (nSPS) is 22.3. The molecule has 3 N–H and O–H groups in total. The van der Waals surface area contributed by atoms with E-state index in [-0.39, 0.29) is 11.9 Å². The predicted octanol–water partition coefficient (Wildman–Crippen LogP) is 3.79. The molecule has 1 amide bonds. The Hall–Kier alpha value is -2.54. The summed E-state index contributed by atoms with van der Waals surface area (Å²) in [5, 5.41) is 3.08. The molecule has 2 heterocycles. The van der Waals surface area contributed by atoms with E-state index in [1.54, 1.807) is 13.1 Å². The van der Waals surface area contributed by atoms with Gasteiger partial charge in [-0.15, -0.1) is 0 Å². The van der Waals surface area contributed by atoms with Gasteiger partial charge in [0.2, 0.25) is 0 Å². The van der Waals surface area contributed by atoms with Crippen LogP contribution in [-0.4, -0.2) is 35.6 Å². The fourth-order valence-corrected chi connectivity index (χ4v) is 4.31. The van der Waals surface area contributed by atoms with E-state index in [0.29, 0.717) is 47.1 Å². The van der Waals surface area contributed by atoms with Crippen LogP contribution in [0, 0.1) is 24.5 Å². The predicted molar refractivity (Wildman–Crippen MR) is 113 cm³/mol. The van der Waals surface area contributed by atoms with Crippen molar-refractivity contribution in [3.63, 3.8) is 0 Å². The number of carbonyl (C=O) groups excluding carboxylic acids is 1. The van der Waals surface area contributed by atoms with Crippen LogP contribution in [-0.2, 0) is 0 Å². The quantitative estimate of drug-likeness (QED) is 0.781. The Morgan fingerprint density at radius 3 is 2.53 bits per heavy atom. The summed E-state index contributed by atoms with van der Waals surface area (Å²) in [6.45, 7) is 6.96. The summed E-state index contributed by atoms with van der Waals surface area (Å²) in [6.07, 6.45) is 4.55. The smallest absolute Gasteiger partial charge is 0.255 e. The van der Waals surface area contributed by atoms with Crippen LogP contribution < -0.4 is 16.0 Å². The molecule has 1 saturated heterocycles. The average molecular weight is 415 g/mol. The third kappa shape index (κ3) is 4.17. The van der Waals surface area contributed by atoms with E-state index in [4.69, 9.17) is 5.73 Å². The minimum Gasteiger partial charge on any atom is -0.368 e. The van der Waals surface area contributed by atoms with Crippen molar-refractivity contribution in [2.75, 3.05) is 18.0 Å². The third-order valence-corrected chi connectivity index (χ3v) is 6.15. The molecular formula is C23H28F2N4O. The number of carbonyl (C=O) groups is 1. The minimum absolute atomic E-state index is 0.0695. The molecule has 4 rings (SSSR count). The van der Waals surface area contributed by atoms with Crippen LogP contribution in [0.15, 0.2) is 24.4 Å². The van der Waals surface area contributed by atoms with Crippen molar-refractivity contribution < 1.29 is 13.6 Å². The van der Waals surface area contributed by atoms with E-state index in [2.05, 4.69) is 10.3 Å². The number of hydrogen-bond acceptors (Lipinski definition) is 4. The Morgan fingerprint density at radius 1 is 1.30 bits per heavy atom. The summed E-state index contributed by atoms with van der Waals surface area (Å²) in [4.78, 5) is 19.7. The first-order chi connectivity index (χ1) is 14.1. The highest BCUT2D eigenvalue weighted by molar-refractivity contribution is 6.03. The molecule has 1 saturated carbocycles. The molecule has 160 valence electrons. The number of amides is 1. The van der Waals surface area contributed by atoms with Crippen LogP contribution in [0.1, 0.15) is 49.2 Å². The number of benzene rings is 1. The van der Waals surface area contributed by atoms with Crippen LogP contribution in [0.5, 0.6) is 0 Å².